The molecule has 0 atom stereocenters. The van der Waals surface area contributed by atoms with Crippen LogP contribution in [-0.4, -0.2) is 37.3 Å². The first-order valence-corrected chi connectivity index (χ1v) is 9.72. The summed E-state index contributed by atoms with van der Waals surface area (Å²) in [6.07, 6.45) is 0. The maximum atomic E-state index is 12.6. The summed E-state index contributed by atoms with van der Waals surface area (Å²) < 4.78 is 11.6. The first-order chi connectivity index (χ1) is 12.1. The minimum atomic E-state index is 0.109. The first-order valence-electron chi connectivity index (χ1n) is 7.95. The number of rotatable bonds is 8. The minimum absolute atomic E-state index is 0.109. The molecule has 25 heavy (non-hydrogen) atoms. The fourth-order valence-electron chi connectivity index (χ4n) is 2.37. The van der Waals surface area contributed by atoms with Gasteiger partial charge in [0.2, 0.25) is 5.91 Å². The van der Waals surface area contributed by atoms with Crippen molar-refractivity contribution in [1.29, 1.82) is 0 Å². The Bertz CT molecular complexity index is 724. The topological polar surface area (TPSA) is 38.8 Å². The molecule has 0 fully saturated rings. The molecule has 1 amide bonds. The van der Waals surface area contributed by atoms with Gasteiger partial charge in [-0.25, -0.2) is 0 Å². The molecule has 0 heterocycles. The number of hydrogen-bond donors (Lipinski definition) is 0. The number of amides is 1. The Hall–Kier alpha value is -1.66. The number of thioether (sulfide) groups is 1. The zero-order valence-electron chi connectivity index (χ0n) is 14.6. The second kappa shape index (κ2) is 9.73. The van der Waals surface area contributed by atoms with Gasteiger partial charge in [-0.1, -0.05) is 18.2 Å². The van der Waals surface area contributed by atoms with Crippen molar-refractivity contribution >= 4 is 33.6 Å². The molecular formula is C19H22BrNO3S. The molecule has 0 spiro atoms. The van der Waals surface area contributed by atoms with Crippen LogP contribution >= 0.6 is 27.7 Å². The number of ether oxygens (including phenoxy) is 2. The first kappa shape index (κ1) is 19.7. The highest BCUT2D eigenvalue weighted by atomic mass is 79.9. The number of nitrogens with zero attached hydrogens (tertiary/aromatic N) is 1. The summed E-state index contributed by atoms with van der Waals surface area (Å²) in [4.78, 5) is 15.5. The quantitative estimate of drug-likeness (QED) is 0.581. The molecule has 0 radical (unpaired) electrons. The van der Waals surface area contributed by atoms with E-state index in [1.54, 1.807) is 26.0 Å². The second-order valence-corrected chi connectivity index (χ2v) is 7.19. The van der Waals surface area contributed by atoms with E-state index in [1.807, 2.05) is 54.3 Å². The molecule has 2 aromatic rings. The number of carbonyl (C=O) groups excluding carboxylic acids is 1. The molecule has 0 saturated carbocycles. The monoisotopic (exact) mass is 423 g/mol. The molecule has 0 aliphatic rings. The lowest BCUT2D eigenvalue weighted by Gasteiger charge is -2.21. The van der Waals surface area contributed by atoms with E-state index in [2.05, 4.69) is 15.9 Å². The van der Waals surface area contributed by atoms with Crippen LogP contribution in [0.25, 0.3) is 0 Å². The molecule has 6 heteroatoms. The molecule has 0 aromatic heterocycles. The molecule has 2 aromatic carbocycles. The highest BCUT2D eigenvalue weighted by Gasteiger charge is 2.14. The van der Waals surface area contributed by atoms with Gasteiger partial charge in [-0.3, -0.25) is 4.79 Å². The van der Waals surface area contributed by atoms with Crippen molar-refractivity contribution in [1.82, 2.24) is 4.90 Å². The van der Waals surface area contributed by atoms with Gasteiger partial charge in [-0.05, 0) is 52.7 Å². The Balaban J connectivity index is 2.01. The maximum Gasteiger partial charge on any atom is 0.233 e. The van der Waals surface area contributed by atoms with Gasteiger partial charge >= 0.3 is 0 Å². The van der Waals surface area contributed by atoms with Gasteiger partial charge < -0.3 is 14.4 Å². The lowest BCUT2D eigenvalue weighted by Crippen LogP contribution is -2.31. The van der Waals surface area contributed by atoms with Crippen molar-refractivity contribution in [2.24, 2.45) is 0 Å². The van der Waals surface area contributed by atoms with Gasteiger partial charge in [0.1, 0.15) is 0 Å². The smallest absolute Gasteiger partial charge is 0.233 e. The highest BCUT2D eigenvalue weighted by Crippen LogP contribution is 2.29. The van der Waals surface area contributed by atoms with E-state index in [0.717, 1.165) is 14.9 Å². The lowest BCUT2D eigenvalue weighted by atomic mass is 10.2. The van der Waals surface area contributed by atoms with Gasteiger partial charge in [0.25, 0.3) is 0 Å². The molecule has 0 aliphatic heterocycles. The van der Waals surface area contributed by atoms with Crippen LogP contribution < -0.4 is 9.47 Å². The largest absolute Gasteiger partial charge is 0.493 e. The molecule has 0 saturated heterocycles. The molecule has 0 unspecified atom stereocenters. The summed E-state index contributed by atoms with van der Waals surface area (Å²) in [6.45, 7) is 3.19. The predicted molar refractivity (Wildman–Crippen MR) is 106 cm³/mol. The van der Waals surface area contributed by atoms with Crippen molar-refractivity contribution in [2.75, 3.05) is 26.5 Å². The molecule has 4 nitrogen and oxygen atoms in total. The molecule has 2 rings (SSSR count). The average Bonchev–Trinajstić information content (AvgIpc) is 2.64. The summed E-state index contributed by atoms with van der Waals surface area (Å²) in [7, 11) is 3.22. The van der Waals surface area contributed by atoms with Crippen LogP contribution in [0.4, 0.5) is 0 Å². The Morgan fingerprint density at radius 3 is 2.48 bits per heavy atom. The third kappa shape index (κ3) is 5.41. The SMILES string of the molecule is CCN(Cc1ccc(OC)c(OC)c1)C(=O)CSc1ccccc1Br. The average molecular weight is 424 g/mol. The second-order valence-electron chi connectivity index (χ2n) is 5.32. The summed E-state index contributed by atoms with van der Waals surface area (Å²) in [5.74, 6) is 1.87. The highest BCUT2D eigenvalue weighted by molar-refractivity contribution is 9.10. The van der Waals surface area contributed by atoms with E-state index in [4.69, 9.17) is 9.47 Å². The Morgan fingerprint density at radius 2 is 1.84 bits per heavy atom. The number of hydrogen-bond acceptors (Lipinski definition) is 4. The zero-order chi connectivity index (χ0) is 18.2. The third-order valence-corrected chi connectivity index (χ3v) is 5.76. The number of carbonyl (C=O) groups is 1. The van der Waals surface area contributed by atoms with Crippen LogP contribution in [0, 0.1) is 0 Å². The Morgan fingerprint density at radius 1 is 1.12 bits per heavy atom. The Labute approximate surface area is 161 Å². The number of benzene rings is 2. The zero-order valence-corrected chi connectivity index (χ0v) is 17.0. The van der Waals surface area contributed by atoms with Crippen molar-refractivity contribution in [2.45, 2.75) is 18.4 Å². The summed E-state index contributed by atoms with van der Waals surface area (Å²) in [5.41, 5.74) is 1.01. The molecule has 0 aliphatic carbocycles. The van der Waals surface area contributed by atoms with Crippen molar-refractivity contribution in [3.63, 3.8) is 0 Å². The minimum Gasteiger partial charge on any atom is -0.493 e. The van der Waals surface area contributed by atoms with Crippen molar-refractivity contribution in [3.05, 3.63) is 52.5 Å². The van der Waals surface area contributed by atoms with Crippen LogP contribution in [0.2, 0.25) is 0 Å². The van der Waals surface area contributed by atoms with E-state index in [9.17, 15) is 4.79 Å². The van der Waals surface area contributed by atoms with Gasteiger partial charge in [0.05, 0.1) is 20.0 Å². The van der Waals surface area contributed by atoms with E-state index in [0.29, 0.717) is 30.3 Å². The third-order valence-electron chi connectivity index (χ3n) is 3.74. The van der Waals surface area contributed by atoms with Gasteiger partial charge in [0.15, 0.2) is 11.5 Å². The molecule has 0 N–H and O–H groups in total. The summed E-state index contributed by atoms with van der Waals surface area (Å²) in [5, 5.41) is 0. The normalized spacial score (nSPS) is 10.4. The van der Waals surface area contributed by atoms with Crippen LogP contribution in [0.1, 0.15) is 12.5 Å². The summed E-state index contributed by atoms with van der Waals surface area (Å²) >= 11 is 5.05. The van der Waals surface area contributed by atoms with Gasteiger partial charge in [-0.15, -0.1) is 11.8 Å². The Kier molecular flexibility index (Phi) is 7.65. The van der Waals surface area contributed by atoms with E-state index >= 15 is 0 Å². The van der Waals surface area contributed by atoms with Crippen molar-refractivity contribution in [3.8, 4) is 11.5 Å². The lowest BCUT2D eigenvalue weighted by molar-refractivity contribution is -0.128. The molecule has 134 valence electrons. The van der Waals surface area contributed by atoms with Crippen LogP contribution in [-0.2, 0) is 11.3 Å². The van der Waals surface area contributed by atoms with Crippen molar-refractivity contribution < 1.29 is 14.3 Å². The van der Waals surface area contributed by atoms with E-state index < -0.39 is 0 Å². The summed E-state index contributed by atoms with van der Waals surface area (Å²) in [6, 6.07) is 13.7. The fraction of sp³-hybridized carbons (Fsp3) is 0.316. The molecular weight excluding hydrogens is 402 g/mol. The predicted octanol–water partition coefficient (Wildman–Crippen LogP) is 4.61. The van der Waals surface area contributed by atoms with Gasteiger partial charge in [0, 0.05) is 22.5 Å². The number of halogens is 1. The van der Waals surface area contributed by atoms with Crippen LogP contribution in [0.3, 0.4) is 0 Å². The number of methoxy groups -OCH3 is 2. The standard InChI is InChI=1S/C19H22BrNO3S/c1-4-21(12-14-9-10-16(23-2)17(11-14)24-3)19(22)13-25-18-8-6-5-7-15(18)20/h5-11H,4,12-13H2,1-3H3. The maximum absolute atomic E-state index is 12.6. The van der Waals surface area contributed by atoms with Gasteiger partial charge in [-0.2, -0.15) is 0 Å². The molecule has 0 bridgehead atoms. The van der Waals surface area contributed by atoms with E-state index in [1.165, 1.54) is 0 Å². The fourth-order valence-corrected chi connectivity index (χ4v) is 3.84. The van der Waals surface area contributed by atoms with Crippen LogP contribution in [0.15, 0.2) is 51.8 Å². The van der Waals surface area contributed by atoms with E-state index in [-0.39, 0.29) is 5.91 Å². The van der Waals surface area contributed by atoms with Crippen LogP contribution in [0.5, 0.6) is 11.5 Å².